The van der Waals surface area contributed by atoms with Crippen LogP contribution in [0.3, 0.4) is 0 Å². The van der Waals surface area contributed by atoms with Crippen LogP contribution in [0.4, 0.5) is 5.82 Å². The molecule has 0 saturated heterocycles. The van der Waals surface area contributed by atoms with Crippen LogP contribution in [0.1, 0.15) is 32.4 Å². The van der Waals surface area contributed by atoms with Crippen molar-refractivity contribution in [2.24, 2.45) is 5.92 Å². The monoisotopic (exact) mass is 233 g/mol. The van der Waals surface area contributed by atoms with Crippen molar-refractivity contribution in [1.82, 2.24) is 10.3 Å². The Labute approximate surface area is 104 Å². The van der Waals surface area contributed by atoms with Crippen molar-refractivity contribution >= 4 is 5.82 Å². The second-order valence-corrected chi connectivity index (χ2v) is 4.96. The van der Waals surface area contributed by atoms with Crippen LogP contribution in [0.15, 0.2) is 18.2 Å². The van der Waals surface area contributed by atoms with Crippen molar-refractivity contribution in [2.45, 2.75) is 39.3 Å². The van der Waals surface area contributed by atoms with Gasteiger partial charge in [0.1, 0.15) is 5.82 Å². The van der Waals surface area contributed by atoms with E-state index in [1.54, 1.807) is 0 Å². The Hall–Kier alpha value is -1.09. The summed E-state index contributed by atoms with van der Waals surface area (Å²) < 4.78 is 0. The average molecular weight is 233 g/mol. The maximum Gasteiger partial charge on any atom is 0.128 e. The van der Waals surface area contributed by atoms with Gasteiger partial charge in [-0.25, -0.2) is 4.98 Å². The molecule has 0 aromatic carbocycles. The molecule has 3 nitrogen and oxygen atoms in total. The van der Waals surface area contributed by atoms with Gasteiger partial charge >= 0.3 is 0 Å². The fourth-order valence-electron chi connectivity index (χ4n) is 2.12. The second kappa shape index (κ2) is 5.50. The van der Waals surface area contributed by atoms with Gasteiger partial charge in [0.05, 0.1) is 5.69 Å². The molecule has 1 unspecified atom stereocenters. The molecule has 3 heteroatoms. The lowest BCUT2D eigenvalue weighted by molar-refractivity contribution is 0.601. The lowest BCUT2D eigenvalue weighted by Gasteiger charge is -2.26. The molecule has 1 aromatic heterocycles. The van der Waals surface area contributed by atoms with Gasteiger partial charge in [-0.15, -0.1) is 0 Å². The average Bonchev–Trinajstić information content (AvgIpc) is 3.19. The first-order valence-electron chi connectivity index (χ1n) is 6.62. The van der Waals surface area contributed by atoms with Gasteiger partial charge in [-0.05, 0) is 44.4 Å². The van der Waals surface area contributed by atoms with Crippen LogP contribution in [0.25, 0.3) is 0 Å². The van der Waals surface area contributed by atoms with Crippen molar-refractivity contribution in [3.05, 3.63) is 23.9 Å². The lowest BCUT2D eigenvalue weighted by atomic mass is 10.2. The van der Waals surface area contributed by atoms with Crippen LogP contribution in [-0.4, -0.2) is 24.6 Å². The summed E-state index contributed by atoms with van der Waals surface area (Å²) >= 11 is 0. The zero-order valence-corrected chi connectivity index (χ0v) is 11.1. The molecule has 0 aliphatic heterocycles. The van der Waals surface area contributed by atoms with Crippen LogP contribution < -0.4 is 10.2 Å². The molecule has 1 aromatic rings. The summed E-state index contributed by atoms with van der Waals surface area (Å²) in [5.41, 5.74) is 1.12. The van der Waals surface area contributed by atoms with Gasteiger partial charge in [0.25, 0.3) is 0 Å². The van der Waals surface area contributed by atoms with Crippen molar-refractivity contribution in [2.75, 3.05) is 18.5 Å². The van der Waals surface area contributed by atoms with E-state index in [-0.39, 0.29) is 0 Å². The molecule has 17 heavy (non-hydrogen) atoms. The normalized spacial score (nSPS) is 16.9. The Morgan fingerprint density at radius 2 is 2.24 bits per heavy atom. The minimum atomic E-state index is 0.608. The first-order valence-corrected chi connectivity index (χ1v) is 6.62. The third-order valence-electron chi connectivity index (χ3n) is 3.62. The zero-order chi connectivity index (χ0) is 12.3. The highest BCUT2D eigenvalue weighted by Gasteiger charge is 2.30. The molecule has 1 aliphatic carbocycles. The summed E-state index contributed by atoms with van der Waals surface area (Å²) in [6.07, 6.45) is 2.76. The van der Waals surface area contributed by atoms with Gasteiger partial charge in [0, 0.05) is 19.6 Å². The van der Waals surface area contributed by atoms with Gasteiger partial charge in [0.2, 0.25) is 0 Å². The van der Waals surface area contributed by atoms with E-state index in [9.17, 15) is 0 Å². The molecule has 0 bridgehead atoms. The predicted octanol–water partition coefficient (Wildman–Crippen LogP) is 2.43. The van der Waals surface area contributed by atoms with Gasteiger partial charge in [-0.2, -0.15) is 0 Å². The highest BCUT2D eigenvalue weighted by molar-refractivity contribution is 5.39. The highest BCUT2D eigenvalue weighted by atomic mass is 15.2. The maximum atomic E-state index is 4.70. The number of hydrogen-bond donors (Lipinski definition) is 1. The molecule has 1 aliphatic rings. The number of nitrogens with zero attached hydrogens (tertiary/aromatic N) is 2. The Morgan fingerprint density at radius 1 is 1.47 bits per heavy atom. The van der Waals surface area contributed by atoms with E-state index in [0.717, 1.165) is 30.5 Å². The lowest BCUT2D eigenvalue weighted by Crippen LogP contribution is -2.31. The van der Waals surface area contributed by atoms with Crippen LogP contribution in [0, 0.1) is 5.92 Å². The fraction of sp³-hybridized carbons (Fsp3) is 0.643. The molecule has 2 rings (SSSR count). The Balaban J connectivity index is 2.03. The van der Waals surface area contributed by atoms with E-state index in [1.165, 1.54) is 12.8 Å². The van der Waals surface area contributed by atoms with E-state index in [2.05, 4.69) is 49.3 Å². The minimum Gasteiger partial charge on any atom is -0.357 e. The van der Waals surface area contributed by atoms with Gasteiger partial charge in [-0.1, -0.05) is 13.0 Å². The molecule has 0 spiro atoms. The standard InChI is InChI=1S/C14H23N3/c1-4-15-10-13-6-5-7-14(16-13)17(3)11(2)12-8-9-12/h5-7,11-12,15H,4,8-10H2,1-3H3. The summed E-state index contributed by atoms with van der Waals surface area (Å²) in [7, 11) is 2.16. The van der Waals surface area contributed by atoms with Gasteiger partial charge < -0.3 is 10.2 Å². The second-order valence-electron chi connectivity index (χ2n) is 4.96. The van der Waals surface area contributed by atoms with Crippen LogP contribution >= 0.6 is 0 Å². The molecule has 0 amide bonds. The molecular weight excluding hydrogens is 210 g/mol. The Kier molecular flexibility index (Phi) is 4.00. The third-order valence-corrected chi connectivity index (χ3v) is 3.62. The predicted molar refractivity (Wildman–Crippen MR) is 72.2 cm³/mol. The SMILES string of the molecule is CCNCc1cccc(N(C)C(C)C2CC2)n1. The summed E-state index contributed by atoms with van der Waals surface area (Å²) in [5, 5.41) is 3.31. The van der Waals surface area contributed by atoms with E-state index >= 15 is 0 Å². The summed E-state index contributed by atoms with van der Waals surface area (Å²) in [4.78, 5) is 7.02. The summed E-state index contributed by atoms with van der Waals surface area (Å²) in [5.74, 6) is 1.97. The van der Waals surface area contributed by atoms with Gasteiger partial charge in [0.15, 0.2) is 0 Å². The third kappa shape index (κ3) is 3.19. The first kappa shape index (κ1) is 12.4. The maximum absolute atomic E-state index is 4.70. The molecule has 1 saturated carbocycles. The number of aromatic nitrogens is 1. The molecule has 0 radical (unpaired) electrons. The van der Waals surface area contributed by atoms with E-state index in [0.29, 0.717) is 6.04 Å². The van der Waals surface area contributed by atoms with Crippen LogP contribution in [0.5, 0.6) is 0 Å². The molecule has 94 valence electrons. The number of nitrogens with one attached hydrogen (secondary N) is 1. The molecule has 1 heterocycles. The number of pyridine rings is 1. The van der Waals surface area contributed by atoms with Crippen molar-refractivity contribution in [1.29, 1.82) is 0 Å². The van der Waals surface area contributed by atoms with Gasteiger partial charge in [-0.3, -0.25) is 0 Å². The topological polar surface area (TPSA) is 28.2 Å². The fourth-order valence-corrected chi connectivity index (χ4v) is 2.12. The number of anilines is 1. The van der Waals surface area contributed by atoms with Crippen molar-refractivity contribution in [3.63, 3.8) is 0 Å². The number of hydrogen-bond acceptors (Lipinski definition) is 3. The molecule has 1 fully saturated rings. The van der Waals surface area contributed by atoms with Crippen LogP contribution in [0.2, 0.25) is 0 Å². The number of rotatable bonds is 6. The zero-order valence-electron chi connectivity index (χ0n) is 11.1. The molecular formula is C14H23N3. The quantitative estimate of drug-likeness (QED) is 0.818. The van der Waals surface area contributed by atoms with Crippen molar-refractivity contribution < 1.29 is 0 Å². The van der Waals surface area contributed by atoms with Crippen molar-refractivity contribution in [3.8, 4) is 0 Å². The smallest absolute Gasteiger partial charge is 0.128 e. The highest BCUT2D eigenvalue weighted by Crippen LogP contribution is 2.35. The summed E-state index contributed by atoms with van der Waals surface area (Å²) in [6, 6.07) is 6.90. The minimum absolute atomic E-state index is 0.608. The van der Waals surface area contributed by atoms with E-state index in [1.807, 2.05) is 0 Å². The Bertz CT molecular complexity index is 360. The summed E-state index contributed by atoms with van der Waals surface area (Å²) in [6.45, 7) is 6.26. The van der Waals surface area contributed by atoms with E-state index < -0.39 is 0 Å². The molecule has 1 atom stereocenters. The Morgan fingerprint density at radius 3 is 2.88 bits per heavy atom. The first-order chi connectivity index (χ1) is 8.22. The largest absolute Gasteiger partial charge is 0.357 e. The van der Waals surface area contributed by atoms with Crippen LogP contribution in [-0.2, 0) is 6.54 Å². The molecule has 1 N–H and O–H groups in total. The van der Waals surface area contributed by atoms with E-state index in [4.69, 9.17) is 4.98 Å².